The van der Waals surface area contributed by atoms with Crippen molar-refractivity contribution >= 4 is 11.7 Å². The minimum atomic E-state index is -0.303. The van der Waals surface area contributed by atoms with E-state index in [0.717, 1.165) is 17.1 Å². The summed E-state index contributed by atoms with van der Waals surface area (Å²) in [5.41, 5.74) is 2.37. The summed E-state index contributed by atoms with van der Waals surface area (Å²) >= 11 is 0. The summed E-state index contributed by atoms with van der Waals surface area (Å²) in [4.78, 5) is 23.0. The van der Waals surface area contributed by atoms with Gasteiger partial charge >= 0.3 is 0 Å². The van der Waals surface area contributed by atoms with E-state index < -0.39 is 0 Å². The van der Waals surface area contributed by atoms with Crippen LogP contribution in [0, 0.1) is 11.7 Å². The van der Waals surface area contributed by atoms with E-state index >= 15 is 0 Å². The number of hydrogen-bond donors (Lipinski definition) is 1. The number of hydrogen-bond acceptors (Lipinski definition) is 4. The predicted octanol–water partition coefficient (Wildman–Crippen LogP) is 3.04. The van der Waals surface area contributed by atoms with Crippen molar-refractivity contribution in [2.75, 3.05) is 18.0 Å². The van der Waals surface area contributed by atoms with Gasteiger partial charge < -0.3 is 10.2 Å². The Kier molecular flexibility index (Phi) is 4.78. The van der Waals surface area contributed by atoms with Crippen molar-refractivity contribution in [1.29, 1.82) is 0 Å². The minimum Gasteiger partial charge on any atom is -0.355 e. The van der Waals surface area contributed by atoms with E-state index in [1.807, 2.05) is 41.3 Å². The molecule has 1 amide bonds. The van der Waals surface area contributed by atoms with Crippen LogP contribution in [-0.4, -0.2) is 29.0 Å². The summed E-state index contributed by atoms with van der Waals surface area (Å²) in [5, 5.41) is 2.81. The molecule has 0 saturated carbocycles. The quantitative estimate of drug-likeness (QED) is 0.758. The van der Waals surface area contributed by atoms with Gasteiger partial charge in [-0.3, -0.25) is 4.79 Å². The molecule has 3 aromatic rings. The third kappa shape index (κ3) is 3.79. The van der Waals surface area contributed by atoms with Gasteiger partial charge in [-0.1, -0.05) is 48.5 Å². The number of halogens is 1. The lowest BCUT2D eigenvalue weighted by molar-refractivity contribution is -0.125. The van der Waals surface area contributed by atoms with Crippen LogP contribution in [0.25, 0.3) is 11.3 Å². The zero-order valence-electron chi connectivity index (χ0n) is 14.7. The van der Waals surface area contributed by atoms with Gasteiger partial charge in [0.05, 0.1) is 11.6 Å². The first kappa shape index (κ1) is 17.1. The molecule has 1 aliphatic heterocycles. The molecule has 6 heteroatoms. The number of carbonyl (C=O) groups is 1. The molecule has 0 aliphatic carbocycles. The van der Waals surface area contributed by atoms with Crippen molar-refractivity contribution < 1.29 is 9.18 Å². The molecule has 0 bridgehead atoms. The molecule has 1 saturated heterocycles. The zero-order chi connectivity index (χ0) is 18.6. The van der Waals surface area contributed by atoms with Gasteiger partial charge in [-0.15, -0.1) is 0 Å². The molecule has 4 rings (SSSR count). The molecule has 0 unspecified atom stereocenters. The molecule has 2 aromatic carbocycles. The van der Waals surface area contributed by atoms with Crippen molar-refractivity contribution in [2.24, 2.45) is 5.92 Å². The number of anilines is 1. The van der Waals surface area contributed by atoms with Crippen molar-refractivity contribution in [1.82, 2.24) is 15.3 Å². The van der Waals surface area contributed by atoms with Crippen molar-refractivity contribution in [3.63, 3.8) is 0 Å². The van der Waals surface area contributed by atoms with Gasteiger partial charge in [0.2, 0.25) is 5.91 Å². The first-order valence-electron chi connectivity index (χ1n) is 8.84. The second-order valence-electron chi connectivity index (χ2n) is 6.54. The fraction of sp³-hybridized carbons (Fsp3) is 0.190. The summed E-state index contributed by atoms with van der Waals surface area (Å²) < 4.78 is 13.6. The summed E-state index contributed by atoms with van der Waals surface area (Å²) in [6, 6.07) is 18.3. The van der Waals surface area contributed by atoms with E-state index in [0.29, 0.717) is 18.7 Å². The fourth-order valence-corrected chi connectivity index (χ4v) is 3.09. The molecule has 0 atom stereocenters. The summed E-state index contributed by atoms with van der Waals surface area (Å²) in [6.45, 7) is 1.39. The summed E-state index contributed by atoms with van der Waals surface area (Å²) in [5.74, 6) is 0.322. The van der Waals surface area contributed by atoms with Crippen LogP contribution in [0.4, 0.5) is 10.2 Å². The van der Waals surface area contributed by atoms with E-state index in [1.54, 1.807) is 24.5 Å². The van der Waals surface area contributed by atoms with Crippen molar-refractivity contribution in [3.05, 3.63) is 78.4 Å². The second-order valence-corrected chi connectivity index (χ2v) is 6.54. The summed E-state index contributed by atoms with van der Waals surface area (Å²) in [7, 11) is 0. The highest BCUT2D eigenvalue weighted by molar-refractivity contribution is 5.82. The van der Waals surface area contributed by atoms with E-state index in [4.69, 9.17) is 0 Å². The minimum absolute atomic E-state index is 0.0631. The molecular weight excluding hydrogens is 343 g/mol. The van der Waals surface area contributed by atoms with Crippen molar-refractivity contribution in [3.8, 4) is 11.3 Å². The van der Waals surface area contributed by atoms with Crippen LogP contribution < -0.4 is 10.2 Å². The van der Waals surface area contributed by atoms with Gasteiger partial charge in [-0.25, -0.2) is 14.4 Å². The molecule has 5 nitrogen and oxygen atoms in total. The maximum absolute atomic E-state index is 13.6. The Morgan fingerprint density at radius 1 is 1.07 bits per heavy atom. The average molecular weight is 362 g/mol. The third-order valence-corrected chi connectivity index (χ3v) is 4.71. The van der Waals surface area contributed by atoms with E-state index in [1.165, 1.54) is 6.07 Å². The largest absolute Gasteiger partial charge is 0.355 e. The Morgan fingerprint density at radius 3 is 2.59 bits per heavy atom. The van der Waals surface area contributed by atoms with Crippen molar-refractivity contribution in [2.45, 2.75) is 6.54 Å². The summed E-state index contributed by atoms with van der Waals surface area (Å²) in [6.07, 6.45) is 1.54. The van der Waals surface area contributed by atoms with Gasteiger partial charge in [-0.05, 0) is 6.07 Å². The lowest BCUT2D eigenvalue weighted by atomic mass is 9.99. The molecule has 0 spiro atoms. The standard InChI is InChI=1S/C21H19FN4O/c22-18-9-5-4-8-16(18)11-23-21(27)17-12-26(13-17)20-10-19(24-14-25-20)15-6-2-1-3-7-15/h1-10,14,17H,11-13H2,(H,23,27). The van der Waals surface area contributed by atoms with Crippen LogP contribution in [0.5, 0.6) is 0 Å². The highest BCUT2D eigenvalue weighted by Gasteiger charge is 2.33. The number of aromatic nitrogens is 2. The molecule has 1 aliphatic rings. The predicted molar refractivity (Wildman–Crippen MR) is 101 cm³/mol. The van der Waals surface area contributed by atoms with Gasteiger partial charge in [0.15, 0.2) is 0 Å². The maximum atomic E-state index is 13.6. The first-order chi connectivity index (χ1) is 13.2. The van der Waals surface area contributed by atoms with E-state index in [2.05, 4.69) is 15.3 Å². The lowest BCUT2D eigenvalue weighted by Crippen LogP contribution is -2.54. The Labute approximate surface area is 156 Å². The van der Waals surface area contributed by atoms with Gasteiger partial charge in [0.25, 0.3) is 0 Å². The molecular formula is C21H19FN4O. The normalized spacial score (nSPS) is 13.9. The third-order valence-electron chi connectivity index (χ3n) is 4.71. The SMILES string of the molecule is O=C(NCc1ccccc1F)C1CN(c2cc(-c3ccccc3)ncn2)C1. The number of carbonyl (C=O) groups excluding carboxylic acids is 1. The molecule has 0 radical (unpaired) electrons. The molecule has 1 fully saturated rings. The number of nitrogens with one attached hydrogen (secondary N) is 1. The average Bonchev–Trinajstić information content (AvgIpc) is 2.67. The first-order valence-corrected chi connectivity index (χ1v) is 8.84. The van der Waals surface area contributed by atoms with E-state index in [9.17, 15) is 9.18 Å². The van der Waals surface area contributed by atoms with Gasteiger partial charge in [0, 0.05) is 36.8 Å². The van der Waals surface area contributed by atoms with Crippen LogP contribution in [0.2, 0.25) is 0 Å². The van der Waals surface area contributed by atoms with Crippen LogP contribution in [0.1, 0.15) is 5.56 Å². The Morgan fingerprint density at radius 2 is 1.81 bits per heavy atom. The molecule has 1 N–H and O–H groups in total. The van der Waals surface area contributed by atoms with Crippen LogP contribution in [0.15, 0.2) is 67.0 Å². The molecule has 136 valence electrons. The smallest absolute Gasteiger partial charge is 0.226 e. The van der Waals surface area contributed by atoms with Crippen LogP contribution in [-0.2, 0) is 11.3 Å². The number of nitrogens with zero attached hydrogens (tertiary/aromatic N) is 3. The molecule has 27 heavy (non-hydrogen) atoms. The Balaban J connectivity index is 1.34. The zero-order valence-corrected chi connectivity index (χ0v) is 14.7. The monoisotopic (exact) mass is 362 g/mol. The topological polar surface area (TPSA) is 58.1 Å². The molecule has 2 heterocycles. The lowest BCUT2D eigenvalue weighted by Gasteiger charge is -2.39. The fourth-order valence-electron chi connectivity index (χ4n) is 3.09. The number of benzene rings is 2. The van der Waals surface area contributed by atoms with Gasteiger partial charge in [-0.2, -0.15) is 0 Å². The Hall–Kier alpha value is -3.28. The van der Waals surface area contributed by atoms with Crippen LogP contribution in [0.3, 0.4) is 0 Å². The van der Waals surface area contributed by atoms with Gasteiger partial charge in [0.1, 0.15) is 18.0 Å². The number of rotatable bonds is 5. The molecule has 1 aromatic heterocycles. The van der Waals surface area contributed by atoms with E-state index in [-0.39, 0.29) is 24.2 Å². The highest BCUT2D eigenvalue weighted by atomic mass is 19.1. The highest BCUT2D eigenvalue weighted by Crippen LogP contribution is 2.26. The second kappa shape index (κ2) is 7.53. The van der Waals surface area contributed by atoms with Crippen LogP contribution >= 0.6 is 0 Å². The maximum Gasteiger partial charge on any atom is 0.226 e. The Bertz CT molecular complexity index is 942. The number of amides is 1.